The first-order chi connectivity index (χ1) is 22.7. The maximum Gasteiger partial charge on any atom is 0.406 e. The van der Waals surface area contributed by atoms with Crippen LogP contribution in [0.1, 0.15) is 56.8 Å². The highest BCUT2D eigenvalue weighted by molar-refractivity contribution is 7.87. The predicted octanol–water partition coefficient (Wildman–Crippen LogP) is 3.71. The number of nitrogens with one attached hydrogen (secondary N) is 2. The number of alkyl halides is 3. The number of aromatic nitrogens is 2. The summed E-state index contributed by atoms with van der Waals surface area (Å²) in [5.74, 6) is -1.20. The lowest BCUT2D eigenvalue weighted by Crippen LogP contribution is -2.61. The number of carbonyl (C=O) groups excluding carboxylic acids is 1. The molecular formula is C31H43F4N7O5S. The molecule has 12 nitrogen and oxygen atoms in total. The Morgan fingerprint density at radius 1 is 1.19 bits per heavy atom. The number of likely N-dealkylation sites (tertiary alicyclic amines) is 1. The lowest BCUT2D eigenvalue weighted by molar-refractivity contribution is -0.143. The maximum atomic E-state index is 14.3. The first-order valence-corrected chi connectivity index (χ1v) is 17.6. The number of anilines is 1. The molecule has 5 rings (SSSR count). The lowest BCUT2D eigenvalue weighted by Gasteiger charge is -2.54. The first kappa shape index (κ1) is 36.2. The predicted molar refractivity (Wildman–Crippen MR) is 170 cm³/mol. The van der Waals surface area contributed by atoms with E-state index in [1.54, 1.807) is 6.92 Å². The average molecular weight is 702 g/mol. The van der Waals surface area contributed by atoms with Crippen molar-refractivity contribution < 1.29 is 40.2 Å². The SMILES string of the molecule is CCNS(=O)(=O)N[C@@H]1CC[C@@H](CN2CCC3(CC2)CN(c2ncncc2Oc2ccc(F)cc2C(=O)N(CC(F)(F)F)C(C)C)C3)OC1. The monoisotopic (exact) mass is 701 g/mol. The van der Waals surface area contributed by atoms with Gasteiger partial charge < -0.3 is 24.2 Å². The molecule has 2 atom stereocenters. The number of hydrogen-bond acceptors (Lipinski definition) is 9. The highest BCUT2D eigenvalue weighted by Gasteiger charge is 2.46. The Bertz CT molecular complexity index is 1520. The molecule has 3 aliphatic rings. The van der Waals surface area contributed by atoms with Crippen LogP contribution in [-0.2, 0) is 14.9 Å². The fraction of sp³-hybridized carbons (Fsp3) is 0.645. The van der Waals surface area contributed by atoms with Crippen molar-refractivity contribution in [2.45, 2.75) is 70.8 Å². The molecule has 17 heteroatoms. The average Bonchev–Trinajstić information content (AvgIpc) is 3.00. The molecule has 1 aromatic carbocycles. The Hall–Kier alpha value is -3.12. The van der Waals surface area contributed by atoms with E-state index in [2.05, 4.69) is 24.3 Å². The topological polar surface area (TPSA) is 129 Å². The highest BCUT2D eigenvalue weighted by atomic mass is 32.2. The largest absolute Gasteiger partial charge is 0.451 e. The van der Waals surface area contributed by atoms with Gasteiger partial charge in [-0.2, -0.15) is 26.3 Å². The summed E-state index contributed by atoms with van der Waals surface area (Å²) in [6.45, 7) is 7.80. The third kappa shape index (κ3) is 9.11. The van der Waals surface area contributed by atoms with Crippen molar-refractivity contribution >= 4 is 21.9 Å². The van der Waals surface area contributed by atoms with E-state index in [1.807, 2.05) is 4.90 Å². The second-order valence-corrected chi connectivity index (χ2v) is 14.6. The van der Waals surface area contributed by atoms with Gasteiger partial charge in [-0.15, -0.1) is 0 Å². The molecule has 1 amide bonds. The van der Waals surface area contributed by atoms with Crippen molar-refractivity contribution in [2.24, 2.45) is 5.41 Å². The van der Waals surface area contributed by atoms with Gasteiger partial charge in [-0.1, -0.05) is 6.92 Å². The van der Waals surface area contributed by atoms with Gasteiger partial charge in [0.2, 0.25) is 0 Å². The molecule has 0 saturated carbocycles. The van der Waals surface area contributed by atoms with Crippen LogP contribution in [0.25, 0.3) is 0 Å². The van der Waals surface area contributed by atoms with Gasteiger partial charge in [-0.25, -0.2) is 19.1 Å². The summed E-state index contributed by atoms with van der Waals surface area (Å²) in [6.07, 6.45) is 1.60. The minimum absolute atomic E-state index is 0.0434. The van der Waals surface area contributed by atoms with Crippen LogP contribution in [0.4, 0.5) is 23.4 Å². The molecule has 48 heavy (non-hydrogen) atoms. The molecule has 1 spiro atoms. The van der Waals surface area contributed by atoms with Gasteiger partial charge in [-0.05, 0) is 70.8 Å². The van der Waals surface area contributed by atoms with Crippen LogP contribution < -0.4 is 19.1 Å². The summed E-state index contributed by atoms with van der Waals surface area (Å²) < 4.78 is 95.1. The molecule has 0 aliphatic carbocycles. The maximum absolute atomic E-state index is 14.3. The van der Waals surface area contributed by atoms with E-state index in [-0.39, 0.29) is 34.6 Å². The first-order valence-electron chi connectivity index (χ1n) is 16.2. The minimum atomic E-state index is -4.64. The van der Waals surface area contributed by atoms with Crippen molar-refractivity contribution in [1.82, 2.24) is 29.2 Å². The smallest absolute Gasteiger partial charge is 0.406 e. The molecule has 4 heterocycles. The number of amides is 1. The standard InChI is InChI=1S/C31H43F4N7O5S/c1-4-38-48(44,45)39-23-6-7-24(46-16-23)15-40-11-9-30(10-12-40)17-41(18-30)28-27(14-36-20-37-28)47-26-8-5-22(32)13-25(26)29(43)42(21(2)3)19-31(33,34)35/h5,8,13-14,20-21,23-24,38-39H,4,6-7,9-12,15-19H2,1-3H3/t23-,24+/m1/s1. The van der Waals surface area contributed by atoms with E-state index >= 15 is 0 Å². The molecule has 3 fully saturated rings. The molecule has 266 valence electrons. The van der Waals surface area contributed by atoms with Crippen LogP contribution in [-0.4, -0.2) is 111 Å². The second kappa shape index (κ2) is 14.8. The van der Waals surface area contributed by atoms with E-state index < -0.39 is 40.7 Å². The fourth-order valence-corrected chi connectivity index (χ4v) is 7.64. The number of ether oxygens (including phenoxy) is 2. The van der Waals surface area contributed by atoms with Crippen LogP contribution >= 0.6 is 0 Å². The number of benzene rings is 1. The third-order valence-corrected chi connectivity index (χ3v) is 10.4. The summed E-state index contributed by atoms with van der Waals surface area (Å²) in [5.41, 5.74) is -0.254. The summed E-state index contributed by atoms with van der Waals surface area (Å²) in [6, 6.07) is 2.13. The molecule has 0 bridgehead atoms. The van der Waals surface area contributed by atoms with Gasteiger partial charge in [-0.3, -0.25) is 4.79 Å². The molecule has 0 radical (unpaired) electrons. The molecule has 0 unspecified atom stereocenters. The molecule has 2 N–H and O–H groups in total. The summed E-state index contributed by atoms with van der Waals surface area (Å²) in [4.78, 5) is 26.8. The van der Waals surface area contributed by atoms with Gasteiger partial charge in [0, 0.05) is 43.7 Å². The molecule has 2 aromatic rings. The van der Waals surface area contributed by atoms with E-state index in [1.165, 1.54) is 32.4 Å². The van der Waals surface area contributed by atoms with Crippen LogP contribution in [0.3, 0.4) is 0 Å². The number of rotatable bonds is 12. The highest BCUT2D eigenvalue weighted by Crippen LogP contribution is 2.45. The van der Waals surface area contributed by atoms with Crippen molar-refractivity contribution in [3.63, 3.8) is 0 Å². The Labute approximate surface area is 278 Å². The van der Waals surface area contributed by atoms with Gasteiger partial charge in [0.05, 0.1) is 24.5 Å². The molecule has 1 aromatic heterocycles. The van der Waals surface area contributed by atoms with Crippen LogP contribution in [0.5, 0.6) is 11.5 Å². The zero-order chi connectivity index (χ0) is 34.7. The number of halogens is 4. The van der Waals surface area contributed by atoms with Crippen molar-refractivity contribution in [2.75, 3.05) is 57.3 Å². The van der Waals surface area contributed by atoms with Crippen LogP contribution in [0, 0.1) is 11.2 Å². The van der Waals surface area contributed by atoms with E-state index in [9.17, 15) is 30.8 Å². The van der Waals surface area contributed by atoms with Crippen molar-refractivity contribution in [3.8, 4) is 11.5 Å². The fourth-order valence-electron chi connectivity index (χ4n) is 6.55. The Morgan fingerprint density at radius 3 is 2.54 bits per heavy atom. The van der Waals surface area contributed by atoms with Gasteiger partial charge in [0.15, 0.2) is 11.6 Å². The van der Waals surface area contributed by atoms with Gasteiger partial charge in [0.1, 0.15) is 24.4 Å². The van der Waals surface area contributed by atoms with Crippen molar-refractivity contribution in [3.05, 3.63) is 42.1 Å². The van der Waals surface area contributed by atoms with Crippen molar-refractivity contribution in [1.29, 1.82) is 0 Å². The molecule has 3 aliphatic heterocycles. The molecular weight excluding hydrogens is 658 g/mol. The van der Waals surface area contributed by atoms with E-state index in [0.717, 1.165) is 51.0 Å². The zero-order valence-electron chi connectivity index (χ0n) is 27.3. The summed E-state index contributed by atoms with van der Waals surface area (Å²) >= 11 is 0. The minimum Gasteiger partial charge on any atom is -0.451 e. The quantitative estimate of drug-likeness (QED) is 0.319. The number of carbonyl (C=O) groups is 1. The van der Waals surface area contributed by atoms with E-state index in [0.29, 0.717) is 43.4 Å². The number of hydrogen-bond donors (Lipinski definition) is 2. The number of piperidine rings is 1. The van der Waals surface area contributed by atoms with Crippen LogP contribution in [0.2, 0.25) is 0 Å². The Morgan fingerprint density at radius 2 is 1.92 bits per heavy atom. The third-order valence-electron chi connectivity index (χ3n) is 9.04. The van der Waals surface area contributed by atoms with Gasteiger partial charge in [0.25, 0.3) is 16.1 Å². The number of nitrogens with zero attached hydrogens (tertiary/aromatic N) is 5. The summed E-state index contributed by atoms with van der Waals surface area (Å²) in [5, 5.41) is 0. The van der Waals surface area contributed by atoms with Gasteiger partial charge >= 0.3 is 6.18 Å². The summed E-state index contributed by atoms with van der Waals surface area (Å²) in [7, 11) is -3.52. The zero-order valence-corrected chi connectivity index (χ0v) is 28.1. The van der Waals surface area contributed by atoms with Crippen LogP contribution in [0.15, 0.2) is 30.7 Å². The lowest BCUT2D eigenvalue weighted by atomic mass is 9.72. The second-order valence-electron chi connectivity index (χ2n) is 13.1. The Balaban J connectivity index is 1.16. The normalized spacial score (nSPS) is 21.7. The van der Waals surface area contributed by atoms with E-state index in [4.69, 9.17) is 9.47 Å². The molecule has 3 saturated heterocycles. The Kier molecular flexibility index (Phi) is 11.1.